The molecule has 0 aliphatic rings. The lowest BCUT2D eigenvalue weighted by Gasteiger charge is -2.29. The lowest BCUT2D eigenvalue weighted by molar-refractivity contribution is 0.0251. The van der Waals surface area contributed by atoms with Crippen LogP contribution in [0.15, 0.2) is 60.4 Å². The molecule has 0 aliphatic heterocycles. The molecule has 6 heteroatoms. The summed E-state index contributed by atoms with van der Waals surface area (Å²) in [4.78, 5) is 0. The van der Waals surface area contributed by atoms with Crippen molar-refractivity contribution in [1.29, 1.82) is 0 Å². The number of hydrogen-bond acceptors (Lipinski definition) is 5. The molecular formula is C20H26ClN3O2. The zero-order valence-corrected chi connectivity index (χ0v) is 15.7. The molecule has 0 aromatic heterocycles. The summed E-state index contributed by atoms with van der Waals surface area (Å²) >= 11 is 5.96. The van der Waals surface area contributed by atoms with Crippen molar-refractivity contribution in [1.82, 2.24) is 0 Å². The molecule has 0 fully saturated rings. The van der Waals surface area contributed by atoms with Crippen LogP contribution in [0, 0.1) is 0 Å². The lowest BCUT2D eigenvalue weighted by Crippen LogP contribution is -2.31. The number of aromatic hydroxyl groups is 1. The Labute approximate surface area is 159 Å². The third kappa shape index (κ3) is 5.14. The summed E-state index contributed by atoms with van der Waals surface area (Å²) in [7, 11) is 0. The number of nitrogens with zero attached hydrogens (tertiary/aromatic N) is 1. The number of hydrogen-bond donors (Lipinski definition) is 4. The van der Waals surface area contributed by atoms with Crippen LogP contribution in [0.2, 0.25) is 5.02 Å². The van der Waals surface area contributed by atoms with Gasteiger partial charge in [-0.05, 0) is 30.2 Å². The summed E-state index contributed by atoms with van der Waals surface area (Å²) in [6.07, 6.45) is 4.16. The molecule has 0 bridgehead atoms. The van der Waals surface area contributed by atoms with E-state index in [0.29, 0.717) is 22.8 Å². The quantitative estimate of drug-likeness (QED) is 0.413. The maximum absolute atomic E-state index is 11.2. The lowest BCUT2D eigenvalue weighted by atomic mass is 9.84. The van der Waals surface area contributed by atoms with Gasteiger partial charge in [0.15, 0.2) is 0 Å². The van der Waals surface area contributed by atoms with Gasteiger partial charge in [0.25, 0.3) is 0 Å². The van der Waals surface area contributed by atoms with Gasteiger partial charge in [-0.1, -0.05) is 61.7 Å². The second-order valence-corrected chi connectivity index (χ2v) is 6.86. The Kier molecular flexibility index (Phi) is 6.91. The topological polar surface area (TPSA) is 95.7 Å². The van der Waals surface area contributed by atoms with Crippen LogP contribution in [0.4, 0.5) is 5.69 Å². The highest BCUT2D eigenvalue weighted by Gasteiger charge is 2.29. The van der Waals surface area contributed by atoms with Crippen LogP contribution in [0.3, 0.4) is 0 Å². The number of phenols is 1. The van der Waals surface area contributed by atoms with Gasteiger partial charge in [0.1, 0.15) is 11.4 Å². The molecule has 0 amide bonds. The maximum atomic E-state index is 11.2. The van der Waals surface area contributed by atoms with Crippen LogP contribution in [-0.4, -0.2) is 10.2 Å². The number of nitrogens with two attached hydrogens (primary N) is 2. The predicted octanol–water partition coefficient (Wildman–Crippen LogP) is 3.99. The van der Waals surface area contributed by atoms with Crippen LogP contribution in [0.5, 0.6) is 5.75 Å². The van der Waals surface area contributed by atoms with Crippen molar-refractivity contribution in [3.63, 3.8) is 0 Å². The smallest absolute Gasteiger partial charge is 0.140 e. The van der Waals surface area contributed by atoms with Crippen LogP contribution in [-0.2, 0) is 5.60 Å². The van der Waals surface area contributed by atoms with Gasteiger partial charge in [0.2, 0.25) is 0 Å². The molecule has 6 N–H and O–H groups in total. The van der Waals surface area contributed by atoms with E-state index in [-0.39, 0.29) is 12.2 Å². The first-order valence-electron chi connectivity index (χ1n) is 8.62. The van der Waals surface area contributed by atoms with Gasteiger partial charge in [0, 0.05) is 23.3 Å². The fourth-order valence-corrected chi connectivity index (χ4v) is 3.05. The Balaban J connectivity index is 2.24. The zero-order chi connectivity index (χ0) is 19.2. The van der Waals surface area contributed by atoms with Crippen molar-refractivity contribution in [2.75, 3.05) is 5.01 Å². The van der Waals surface area contributed by atoms with E-state index < -0.39 is 5.60 Å². The van der Waals surface area contributed by atoms with Crippen molar-refractivity contribution in [2.24, 2.45) is 11.6 Å². The molecule has 1 unspecified atom stereocenters. The zero-order valence-electron chi connectivity index (χ0n) is 14.9. The average Bonchev–Trinajstić information content (AvgIpc) is 2.62. The number of halogens is 1. The Hall–Kier alpha value is -2.21. The van der Waals surface area contributed by atoms with Gasteiger partial charge in [-0.15, -0.1) is 0 Å². The normalized spacial score (nSPS) is 14.1. The molecule has 0 saturated heterocycles. The Morgan fingerprint density at radius 3 is 2.58 bits per heavy atom. The highest BCUT2D eigenvalue weighted by atomic mass is 35.5. The van der Waals surface area contributed by atoms with Crippen LogP contribution >= 0.6 is 11.6 Å². The highest BCUT2D eigenvalue weighted by Crippen LogP contribution is 2.33. The van der Waals surface area contributed by atoms with E-state index in [1.807, 2.05) is 30.3 Å². The summed E-state index contributed by atoms with van der Waals surface area (Å²) in [5.74, 6) is 5.99. The third-order valence-corrected chi connectivity index (χ3v) is 4.51. The fraction of sp³-hybridized carbons (Fsp3) is 0.300. The van der Waals surface area contributed by atoms with E-state index in [4.69, 9.17) is 23.2 Å². The maximum Gasteiger partial charge on any atom is 0.140 e. The van der Waals surface area contributed by atoms with Crippen LogP contribution in [0.25, 0.3) is 0 Å². The van der Waals surface area contributed by atoms with Crippen molar-refractivity contribution in [3.8, 4) is 5.75 Å². The number of phenolic OH excluding ortho intramolecular Hbond substituents is 1. The molecule has 2 aromatic rings. The van der Waals surface area contributed by atoms with E-state index in [2.05, 4.69) is 6.92 Å². The van der Waals surface area contributed by atoms with Gasteiger partial charge >= 0.3 is 0 Å². The highest BCUT2D eigenvalue weighted by molar-refractivity contribution is 6.30. The molecule has 2 aromatic carbocycles. The second kappa shape index (κ2) is 8.94. The molecular weight excluding hydrogens is 350 g/mol. The summed E-state index contributed by atoms with van der Waals surface area (Å²) in [6.45, 7) is 2.08. The monoisotopic (exact) mass is 375 g/mol. The van der Waals surface area contributed by atoms with Gasteiger partial charge in [-0.3, -0.25) is 5.01 Å². The van der Waals surface area contributed by atoms with E-state index in [0.717, 1.165) is 18.4 Å². The first kappa shape index (κ1) is 20.1. The number of benzene rings is 2. The average molecular weight is 376 g/mol. The molecule has 2 rings (SSSR count). The number of anilines is 1. The molecule has 0 saturated carbocycles. The Morgan fingerprint density at radius 2 is 1.92 bits per heavy atom. The van der Waals surface area contributed by atoms with E-state index in [1.54, 1.807) is 12.1 Å². The van der Waals surface area contributed by atoms with Gasteiger partial charge in [-0.2, -0.15) is 0 Å². The first-order chi connectivity index (χ1) is 12.4. The van der Waals surface area contributed by atoms with E-state index in [9.17, 15) is 10.2 Å². The summed E-state index contributed by atoms with van der Waals surface area (Å²) < 4.78 is 0. The van der Waals surface area contributed by atoms with E-state index >= 15 is 0 Å². The standard InChI is InChI=1S/C20H26ClN3O2/c1-2-3-11-20(26,15-7-5-4-6-8-15)13-17(22)14-24(23)18-12-16(21)9-10-19(18)25/h4-10,12,14,25-26H,2-3,11,13,22-23H2,1H3/b17-14-. The molecule has 0 aliphatic carbocycles. The minimum atomic E-state index is -1.07. The number of rotatable bonds is 8. The Morgan fingerprint density at radius 1 is 1.23 bits per heavy atom. The largest absolute Gasteiger partial charge is 0.506 e. The van der Waals surface area contributed by atoms with E-state index in [1.165, 1.54) is 17.3 Å². The predicted molar refractivity (Wildman–Crippen MR) is 107 cm³/mol. The van der Waals surface area contributed by atoms with Crippen LogP contribution in [0.1, 0.15) is 38.2 Å². The van der Waals surface area contributed by atoms with Crippen molar-refractivity contribution < 1.29 is 10.2 Å². The number of hydrazine groups is 1. The Bertz CT molecular complexity index is 752. The summed E-state index contributed by atoms with van der Waals surface area (Å²) in [6, 6.07) is 14.1. The molecule has 140 valence electrons. The number of unbranched alkanes of at least 4 members (excludes halogenated alkanes) is 1. The van der Waals surface area contributed by atoms with Crippen molar-refractivity contribution in [2.45, 2.75) is 38.2 Å². The molecule has 0 heterocycles. The van der Waals surface area contributed by atoms with Gasteiger partial charge in [0.05, 0.1) is 5.60 Å². The molecule has 1 atom stereocenters. The van der Waals surface area contributed by atoms with Gasteiger partial charge in [-0.25, -0.2) is 5.84 Å². The minimum absolute atomic E-state index is 0.00902. The van der Waals surface area contributed by atoms with Crippen molar-refractivity contribution >= 4 is 17.3 Å². The summed E-state index contributed by atoms with van der Waals surface area (Å²) in [5.41, 5.74) is 6.63. The molecule has 0 spiro atoms. The van der Waals surface area contributed by atoms with Crippen LogP contribution < -0.4 is 16.6 Å². The fourth-order valence-electron chi connectivity index (χ4n) is 2.89. The number of aliphatic hydroxyl groups is 1. The molecule has 26 heavy (non-hydrogen) atoms. The first-order valence-corrected chi connectivity index (χ1v) is 9.00. The van der Waals surface area contributed by atoms with Gasteiger partial charge < -0.3 is 15.9 Å². The minimum Gasteiger partial charge on any atom is -0.506 e. The second-order valence-electron chi connectivity index (χ2n) is 6.42. The third-order valence-electron chi connectivity index (χ3n) is 4.27. The summed E-state index contributed by atoms with van der Waals surface area (Å²) in [5, 5.41) is 22.8. The van der Waals surface area contributed by atoms with Crippen molar-refractivity contribution in [3.05, 3.63) is 71.0 Å². The SMILES string of the molecule is CCCCC(O)(C/C(N)=C/N(N)c1cc(Cl)ccc1O)c1ccccc1. The molecule has 5 nitrogen and oxygen atoms in total. The molecule has 0 radical (unpaired) electrons.